The monoisotopic (exact) mass is 239 g/mol. The van der Waals surface area contributed by atoms with Crippen LogP contribution in [0, 0.1) is 0 Å². The number of hydrogen-bond acceptors (Lipinski definition) is 4. The molecule has 0 spiro atoms. The first kappa shape index (κ1) is 12.9. The Labute approximate surface area is 100.0 Å². The van der Waals surface area contributed by atoms with E-state index in [2.05, 4.69) is 4.90 Å². The summed E-state index contributed by atoms with van der Waals surface area (Å²) in [6.07, 6.45) is 0. The van der Waals surface area contributed by atoms with E-state index in [-0.39, 0.29) is 0 Å². The maximum absolute atomic E-state index is 11.1. The number of primary amides is 1. The number of nitrogen functional groups attached to an aromatic ring is 1. The van der Waals surface area contributed by atoms with E-state index in [1.165, 1.54) is 0 Å². The Bertz CT molecular complexity index is 379. The van der Waals surface area contributed by atoms with E-state index in [1.54, 1.807) is 23.9 Å². The van der Waals surface area contributed by atoms with Gasteiger partial charge in [-0.1, -0.05) is 6.07 Å². The molecule has 1 amide bonds. The van der Waals surface area contributed by atoms with Crippen molar-refractivity contribution in [2.45, 2.75) is 4.90 Å². The SMILES string of the molecule is CN(C)CCSc1cccc(C(N)=O)c1N. The number of benzene rings is 1. The first-order valence-electron chi connectivity index (χ1n) is 4.98. The maximum atomic E-state index is 11.1. The molecule has 0 heterocycles. The standard InChI is InChI=1S/C11H17N3OS/c1-14(2)6-7-16-9-5-3-4-8(10(9)12)11(13)15/h3-5H,6-7,12H2,1-2H3,(H2,13,15). The molecule has 0 fully saturated rings. The van der Waals surface area contributed by atoms with Crippen molar-refractivity contribution in [3.8, 4) is 0 Å². The molecule has 1 rings (SSSR count). The highest BCUT2D eigenvalue weighted by Crippen LogP contribution is 2.27. The van der Waals surface area contributed by atoms with Crippen molar-refractivity contribution in [3.63, 3.8) is 0 Å². The third-order valence-corrected chi connectivity index (χ3v) is 3.18. The summed E-state index contributed by atoms with van der Waals surface area (Å²) in [5, 5.41) is 0. The predicted molar refractivity (Wildman–Crippen MR) is 68.7 cm³/mol. The Balaban J connectivity index is 2.73. The lowest BCUT2D eigenvalue weighted by Crippen LogP contribution is -2.15. The molecular weight excluding hydrogens is 222 g/mol. The molecule has 0 saturated carbocycles. The van der Waals surface area contributed by atoms with Gasteiger partial charge in [0.15, 0.2) is 0 Å². The van der Waals surface area contributed by atoms with Crippen molar-refractivity contribution in [1.82, 2.24) is 4.90 Å². The third kappa shape index (κ3) is 3.43. The molecule has 1 aromatic rings. The summed E-state index contributed by atoms with van der Waals surface area (Å²) in [7, 11) is 4.04. The van der Waals surface area contributed by atoms with E-state index in [0.717, 1.165) is 17.2 Å². The fourth-order valence-electron chi connectivity index (χ4n) is 1.22. The van der Waals surface area contributed by atoms with Gasteiger partial charge in [-0.05, 0) is 26.2 Å². The van der Waals surface area contributed by atoms with Gasteiger partial charge in [-0.25, -0.2) is 0 Å². The van der Waals surface area contributed by atoms with Gasteiger partial charge in [0.25, 0.3) is 5.91 Å². The lowest BCUT2D eigenvalue weighted by molar-refractivity contribution is 0.100. The van der Waals surface area contributed by atoms with Crippen molar-refractivity contribution in [2.24, 2.45) is 5.73 Å². The van der Waals surface area contributed by atoms with Crippen molar-refractivity contribution in [2.75, 3.05) is 32.1 Å². The Kier molecular flexibility index (Phi) is 4.64. The van der Waals surface area contributed by atoms with Crippen LogP contribution in [-0.2, 0) is 0 Å². The normalized spacial score (nSPS) is 10.7. The lowest BCUT2D eigenvalue weighted by atomic mass is 10.2. The van der Waals surface area contributed by atoms with Crippen LogP contribution >= 0.6 is 11.8 Å². The molecule has 1 aromatic carbocycles. The number of para-hydroxylation sites is 1. The van der Waals surface area contributed by atoms with E-state index in [0.29, 0.717) is 11.3 Å². The molecule has 0 aromatic heterocycles. The van der Waals surface area contributed by atoms with Crippen LogP contribution in [0.4, 0.5) is 5.69 Å². The van der Waals surface area contributed by atoms with Crippen LogP contribution in [0.1, 0.15) is 10.4 Å². The highest BCUT2D eigenvalue weighted by molar-refractivity contribution is 7.99. The molecule has 0 aliphatic heterocycles. The molecule has 5 heteroatoms. The Morgan fingerprint density at radius 2 is 2.12 bits per heavy atom. The zero-order valence-electron chi connectivity index (χ0n) is 9.56. The molecule has 0 bridgehead atoms. The topological polar surface area (TPSA) is 72.3 Å². The van der Waals surface area contributed by atoms with Gasteiger partial charge in [0, 0.05) is 17.2 Å². The summed E-state index contributed by atoms with van der Waals surface area (Å²) in [6.45, 7) is 0.963. The number of hydrogen-bond donors (Lipinski definition) is 2. The zero-order valence-corrected chi connectivity index (χ0v) is 10.4. The highest BCUT2D eigenvalue weighted by atomic mass is 32.2. The Morgan fingerprint density at radius 3 is 2.69 bits per heavy atom. The van der Waals surface area contributed by atoms with E-state index >= 15 is 0 Å². The summed E-state index contributed by atoms with van der Waals surface area (Å²) >= 11 is 1.63. The quantitative estimate of drug-likeness (QED) is 0.594. The fourth-order valence-corrected chi connectivity index (χ4v) is 2.34. The number of rotatable bonds is 5. The van der Waals surface area contributed by atoms with E-state index in [9.17, 15) is 4.79 Å². The van der Waals surface area contributed by atoms with Crippen LogP contribution < -0.4 is 11.5 Å². The summed E-state index contributed by atoms with van der Waals surface area (Å²) in [6, 6.07) is 5.35. The molecule has 88 valence electrons. The highest BCUT2D eigenvalue weighted by Gasteiger charge is 2.09. The van der Waals surface area contributed by atoms with Crippen LogP contribution in [0.15, 0.2) is 23.1 Å². The predicted octanol–water partition coefficient (Wildman–Crippen LogP) is 1.02. The molecule has 0 unspecified atom stereocenters. The summed E-state index contributed by atoms with van der Waals surface area (Å²) < 4.78 is 0. The third-order valence-electron chi connectivity index (χ3n) is 2.13. The van der Waals surface area contributed by atoms with E-state index in [1.807, 2.05) is 20.2 Å². The number of thioether (sulfide) groups is 1. The van der Waals surface area contributed by atoms with Gasteiger partial charge in [0.1, 0.15) is 0 Å². The minimum atomic E-state index is -0.479. The minimum absolute atomic E-state index is 0.398. The number of nitrogens with two attached hydrogens (primary N) is 2. The lowest BCUT2D eigenvalue weighted by Gasteiger charge is -2.11. The van der Waals surface area contributed by atoms with Crippen molar-refractivity contribution in [1.29, 1.82) is 0 Å². The van der Waals surface area contributed by atoms with Crippen LogP contribution in [-0.4, -0.2) is 37.2 Å². The molecule has 4 N–H and O–H groups in total. The van der Waals surface area contributed by atoms with E-state index in [4.69, 9.17) is 11.5 Å². The first-order chi connectivity index (χ1) is 7.52. The largest absolute Gasteiger partial charge is 0.397 e. The van der Waals surface area contributed by atoms with E-state index < -0.39 is 5.91 Å². The molecule has 0 aliphatic carbocycles. The second-order valence-corrected chi connectivity index (χ2v) is 4.87. The van der Waals surface area contributed by atoms with Gasteiger partial charge in [0.2, 0.25) is 0 Å². The van der Waals surface area contributed by atoms with Crippen molar-refractivity contribution >= 4 is 23.4 Å². The second-order valence-electron chi connectivity index (χ2n) is 3.73. The molecule has 16 heavy (non-hydrogen) atoms. The molecule has 0 atom stereocenters. The number of anilines is 1. The van der Waals surface area contributed by atoms with Gasteiger partial charge in [-0.2, -0.15) is 0 Å². The average molecular weight is 239 g/mol. The molecular formula is C11H17N3OS. The van der Waals surface area contributed by atoms with Crippen molar-refractivity contribution in [3.05, 3.63) is 23.8 Å². The number of carbonyl (C=O) groups excluding carboxylic acids is 1. The summed E-state index contributed by atoms with van der Waals surface area (Å²) in [5.74, 6) is 0.451. The van der Waals surface area contributed by atoms with Crippen LogP contribution in [0.5, 0.6) is 0 Å². The number of amides is 1. The molecule has 4 nitrogen and oxygen atoms in total. The van der Waals surface area contributed by atoms with Gasteiger partial charge >= 0.3 is 0 Å². The fraction of sp³-hybridized carbons (Fsp3) is 0.364. The van der Waals surface area contributed by atoms with Gasteiger partial charge in [-0.3, -0.25) is 4.79 Å². The Hall–Kier alpha value is -1.20. The molecule has 0 radical (unpaired) electrons. The minimum Gasteiger partial charge on any atom is -0.397 e. The van der Waals surface area contributed by atoms with Crippen molar-refractivity contribution < 1.29 is 4.79 Å². The average Bonchev–Trinajstić information content (AvgIpc) is 2.19. The number of carbonyl (C=O) groups is 1. The zero-order chi connectivity index (χ0) is 12.1. The second kappa shape index (κ2) is 5.77. The summed E-state index contributed by atoms with van der Waals surface area (Å²) in [5.41, 5.74) is 12.0. The van der Waals surface area contributed by atoms with Gasteiger partial charge in [-0.15, -0.1) is 11.8 Å². The maximum Gasteiger partial charge on any atom is 0.250 e. The molecule has 0 aliphatic rings. The smallest absolute Gasteiger partial charge is 0.250 e. The first-order valence-corrected chi connectivity index (χ1v) is 5.96. The van der Waals surface area contributed by atoms with Gasteiger partial charge < -0.3 is 16.4 Å². The summed E-state index contributed by atoms with van der Waals surface area (Å²) in [4.78, 5) is 14.1. The van der Waals surface area contributed by atoms with Crippen LogP contribution in [0.2, 0.25) is 0 Å². The molecule has 0 saturated heterocycles. The van der Waals surface area contributed by atoms with Gasteiger partial charge in [0.05, 0.1) is 11.3 Å². The number of nitrogens with zero attached hydrogens (tertiary/aromatic N) is 1. The van der Waals surface area contributed by atoms with Crippen LogP contribution in [0.25, 0.3) is 0 Å². The Morgan fingerprint density at radius 1 is 1.44 bits per heavy atom. The van der Waals surface area contributed by atoms with Crippen LogP contribution in [0.3, 0.4) is 0 Å².